The number of nitrogens with one attached hydrogen (secondary N) is 2. The number of guanidine groups is 1. The van der Waals surface area contributed by atoms with Crippen LogP contribution in [0.5, 0.6) is 0 Å². The number of nitrogens with zero attached hydrogens (tertiary/aromatic N) is 4. The van der Waals surface area contributed by atoms with E-state index in [1.807, 2.05) is 30.8 Å². The van der Waals surface area contributed by atoms with Crippen molar-refractivity contribution in [1.82, 2.24) is 20.5 Å². The lowest BCUT2D eigenvalue weighted by Gasteiger charge is -2.34. The van der Waals surface area contributed by atoms with E-state index < -0.39 is 0 Å². The molecule has 0 radical (unpaired) electrons. The molecule has 3 rings (SSSR count). The van der Waals surface area contributed by atoms with E-state index in [0.29, 0.717) is 18.5 Å². The van der Waals surface area contributed by atoms with Crippen molar-refractivity contribution in [2.75, 3.05) is 50.1 Å². The van der Waals surface area contributed by atoms with Crippen molar-refractivity contribution in [3.8, 4) is 0 Å². The number of hydrogen-bond donors (Lipinski definition) is 2. The third-order valence-corrected chi connectivity index (χ3v) is 7.41. The van der Waals surface area contributed by atoms with E-state index in [9.17, 15) is 4.79 Å². The second kappa shape index (κ2) is 12.9. The minimum atomic E-state index is 0. The van der Waals surface area contributed by atoms with Gasteiger partial charge in [-0.05, 0) is 32.6 Å². The van der Waals surface area contributed by atoms with Gasteiger partial charge in [-0.15, -0.1) is 35.3 Å². The van der Waals surface area contributed by atoms with E-state index in [4.69, 9.17) is 4.99 Å². The van der Waals surface area contributed by atoms with E-state index in [0.717, 1.165) is 73.6 Å². The van der Waals surface area contributed by atoms with Crippen molar-refractivity contribution in [1.29, 1.82) is 0 Å². The predicted octanol–water partition coefficient (Wildman–Crippen LogP) is 3.02. The number of thiazole rings is 1. The summed E-state index contributed by atoms with van der Waals surface area (Å²) < 4.78 is 0. The van der Waals surface area contributed by atoms with Gasteiger partial charge in [-0.25, -0.2) is 9.98 Å². The Bertz CT molecular complexity index is 685. The quantitative estimate of drug-likeness (QED) is 0.314. The van der Waals surface area contributed by atoms with E-state index >= 15 is 0 Å². The van der Waals surface area contributed by atoms with E-state index in [-0.39, 0.29) is 29.9 Å². The molecule has 1 aromatic rings. The van der Waals surface area contributed by atoms with Crippen LogP contribution >= 0.6 is 47.1 Å². The van der Waals surface area contributed by atoms with Gasteiger partial charge in [0.15, 0.2) is 11.1 Å². The Labute approximate surface area is 205 Å². The van der Waals surface area contributed by atoms with Gasteiger partial charge >= 0.3 is 0 Å². The first-order chi connectivity index (χ1) is 14.1. The highest BCUT2D eigenvalue weighted by Gasteiger charge is 2.30. The molecule has 1 amide bonds. The number of amides is 1. The van der Waals surface area contributed by atoms with Crippen LogP contribution in [-0.2, 0) is 11.3 Å². The van der Waals surface area contributed by atoms with Crippen molar-refractivity contribution < 1.29 is 4.79 Å². The number of hydrogen-bond acceptors (Lipinski definition) is 6. The van der Waals surface area contributed by atoms with Gasteiger partial charge in [-0.3, -0.25) is 4.79 Å². The van der Waals surface area contributed by atoms with Crippen LogP contribution in [-0.4, -0.2) is 73.0 Å². The molecule has 10 heteroatoms. The van der Waals surface area contributed by atoms with Gasteiger partial charge in [0.1, 0.15) is 0 Å². The molecule has 1 aliphatic heterocycles. The molecule has 0 unspecified atom stereocenters. The zero-order chi connectivity index (χ0) is 20.6. The molecule has 30 heavy (non-hydrogen) atoms. The van der Waals surface area contributed by atoms with E-state index in [1.54, 1.807) is 11.3 Å². The summed E-state index contributed by atoms with van der Waals surface area (Å²) in [6.45, 7) is 5.32. The number of aliphatic imine (C=N–C) groups is 1. The van der Waals surface area contributed by atoms with Gasteiger partial charge in [0.25, 0.3) is 0 Å². The summed E-state index contributed by atoms with van der Waals surface area (Å²) in [6, 6.07) is 0.376. The molecule has 1 saturated heterocycles. The summed E-state index contributed by atoms with van der Waals surface area (Å²) in [6.07, 6.45) is 3.98. The van der Waals surface area contributed by atoms with E-state index in [1.165, 1.54) is 0 Å². The molecule has 1 aliphatic carbocycles. The molecule has 2 heterocycles. The topological polar surface area (TPSA) is 72.9 Å². The van der Waals surface area contributed by atoms with Gasteiger partial charge < -0.3 is 20.4 Å². The van der Waals surface area contributed by atoms with Crippen LogP contribution in [0.2, 0.25) is 0 Å². The molecule has 1 saturated carbocycles. The Kier molecular flexibility index (Phi) is 11.0. The molecule has 0 atom stereocenters. The zero-order valence-electron chi connectivity index (χ0n) is 18.2. The normalized spacial score (nSPS) is 22.2. The molecule has 7 nitrogen and oxygen atoms in total. The molecule has 2 N–H and O–H groups in total. The molecule has 170 valence electrons. The van der Waals surface area contributed by atoms with Crippen LogP contribution in [0, 0.1) is 5.92 Å². The van der Waals surface area contributed by atoms with Crippen LogP contribution in [0.4, 0.5) is 5.13 Å². The first-order valence-corrected chi connectivity index (χ1v) is 12.6. The highest BCUT2D eigenvalue weighted by Crippen LogP contribution is 2.27. The third kappa shape index (κ3) is 7.44. The van der Waals surface area contributed by atoms with Gasteiger partial charge in [-0.1, -0.05) is 0 Å². The molecular formula is C20H35IN6OS2. The van der Waals surface area contributed by atoms with Gasteiger partial charge in [0.2, 0.25) is 5.91 Å². The smallest absolute Gasteiger partial charge is 0.225 e. The Morgan fingerprint density at radius 2 is 1.97 bits per heavy atom. The summed E-state index contributed by atoms with van der Waals surface area (Å²) in [5.74, 6) is 3.59. The van der Waals surface area contributed by atoms with Crippen molar-refractivity contribution in [3.63, 3.8) is 0 Å². The average Bonchev–Trinajstić information content (AvgIpc) is 3.22. The predicted molar refractivity (Wildman–Crippen MR) is 139 cm³/mol. The lowest BCUT2D eigenvalue weighted by atomic mass is 9.85. The molecule has 2 fully saturated rings. The van der Waals surface area contributed by atoms with Crippen LogP contribution in [0.1, 0.15) is 38.3 Å². The summed E-state index contributed by atoms with van der Waals surface area (Å²) in [5.41, 5.74) is 0.991. The maximum atomic E-state index is 12.7. The lowest BCUT2D eigenvalue weighted by Crippen LogP contribution is -2.47. The number of thioether (sulfide) groups is 1. The van der Waals surface area contributed by atoms with E-state index in [2.05, 4.69) is 32.8 Å². The largest absolute Gasteiger partial charge is 0.357 e. The number of aromatic nitrogens is 1. The monoisotopic (exact) mass is 566 g/mol. The molecule has 0 aromatic carbocycles. The summed E-state index contributed by atoms with van der Waals surface area (Å²) in [7, 11) is 4.01. The molecule has 0 bridgehead atoms. The standard InChI is InChI=1S/C20H34N6OS2.HI/c1-4-21-19(22-13-17-14-29-20(24-17)25(2)3)23-16-7-5-15(6-8-16)18(27)26-9-11-28-12-10-26;/h14-16H,4-13H2,1-3H3,(H2,21,22,23);1H. The molecule has 0 spiro atoms. The second-order valence-corrected chi connectivity index (χ2v) is 9.90. The van der Waals surface area contributed by atoms with Crippen molar-refractivity contribution >= 4 is 64.1 Å². The van der Waals surface area contributed by atoms with Crippen LogP contribution in [0.25, 0.3) is 0 Å². The summed E-state index contributed by atoms with van der Waals surface area (Å²) in [4.78, 5) is 26.2. The first-order valence-electron chi connectivity index (χ1n) is 10.6. The molecular weight excluding hydrogens is 531 g/mol. The maximum absolute atomic E-state index is 12.7. The fourth-order valence-corrected chi connectivity index (χ4v) is 5.43. The highest BCUT2D eigenvalue weighted by atomic mass is 127. The lowest BCUT2D eigenvalue weighted by molar-refractivity contribution is -0.136. The first kappa shape index (κ1) is 25.5. The van der Waals surface area contributed by atoms with Gasteiger partial charge in [0, 0.05) is 62.6 Å². The number of rotatable bonds is 6. The molecule has 2 aliphatic rings. The van der Waals surface area contributed by atoms with Crippen molar-refractivity contribution in [2.24, 2.45) is 10.9 Å². The Morgan fingerprint density at radius 1 is 1.27 bits per heavy atom. The number of carbonyl (C=O) groups excluding carboxylic acids is 1. The fraction of sp³-hybridized carbons (Fsp3) is 0.750. The third-order valence-electron chi connectivity index (χ3n) is 5.41. The van der Waals surface area contributed by atoms with Gasteiger partial charge in [-0.2, -0.15) is 11.8 Å². The summed E-state index contributed by atoms with van der Waals surface area (Å²) >= 11 is 3.59. The molecule has 1 aromatic heterocycles. The number of halogens is 1. The highest BCUT2D eigenvalue weighted by molar-refractivity contribution is 14.0. The second-order valence-electron chi connectivity index (χ2n) is 7.84. The van der Waals surface area contributed by atoms with Crippen LogP contribution in [0.3, 0.4) is 0 Å². The van der Waals surface area contributed by atoms with Crippen molar-refractivity contribution in [3.05, 3.63) is 11.1 Å². The van der Waals surface area contributed by atoms with Crippen LogP contribution in [0.15, 0.2) is 10.4 Å². The Morgan fingerprint density at radius 3 is 2.57 bits per heavy atom. The minimum absolute atomic E-state index is 0. The van der Waals surface area contributed by atoms with Gasteiger partial charge in [0.05, 0.1) is 12.2 Å². The van der Waals surface area contributed by atoms with Crippen molar-refractivity contribution in [2.45, 2.75) is 45.2 Å². The summed E-state index contributed by atoms with van der Waals surface area (Å²) in [5, 5.41) is 9.98. The zero-order valence-corrected chi connectivity index (χ0v) is 22.2. The minimum Gasteiger partial charge on any atom is -0.357 e. The number of anilines is 1. The average molecular weight is 567 g/mol. The SMILES string of the molecule is CCNC(=NCc1csc(N(C)C)n1)NC1CCC(C(=O)N2CCSCC2)CC1.I. The maximum Gasteiger partial charge on any atom is 0.225 e. The fourth-order valence-electron chi connectivity index (χ4n) is 3.77. The Balaban J connectivity index is 0.00000320. The Hall–Kier alpha value is -0.750. The van der Waals surface area contributed by atoms with Crippen LogP contribution < -0.4 is 15.5 Å². The number of carbonyl (C=O) groups is 1.